The standard InChI is InChI=1S/C30H26BrF3N8O3/c1-14-5-6-22(31)38-27(14)39-28(45)20-10-29(4)8-7-21(29)42(20)23(44)13-41-25-18(24(40-41)15(2)43)9-19(37-26(25)30(32,33)34)17-11-35-16(3)36-12-17/h5-9,11-12,20-21H,10,13H2,1-4H3,(H,38,39,45)/t20-,21+,29+/m0/s1. The molecule has 4 aromatic heterocycles. The molecule has 0 spiro atoms. The van der Waals surface area contributed by atoms with Crippen LogP contribution in [0.25, 0.3) is 22.2 Å². The molecule has 0 bridgehead atoms. The Labute approximate surface area is 263 Å². The lowest BCUT2D eigenvalue weighted by atomic mass is 9.73. The van der Waals surface area contributed by atoms with Gasteiger partial charge >= 0.3 is 6.18 Å². The smallest absolute Gasteiger partial charge is 0.322 e. The third-order valence-electron chi connectivity index (χ3n) is 8.19. The number of hydrogen-bond donors (Lipinski definition) is 1. The summed E-state index contributed by atoms with van der Waals surface area (Å²) in [7, 11) is 0. The molecular weight excluding hydrogens is 657 g/mol. The van der Waals surface area contributed by atoms with Gasteiger partial charge in [-0.3, -0.25) is 19.1 Å². The molecular formula is C30H26BrF3N8O3. The number of likely N-dealkylation sites (tertiary alicyclic amines) is 1. The molecule has 1 N–H and O–H groups in total. The highest BCUT2D eigenvalue weighted by molar-refractivity contribution is 9.10. The number of pyridine rings is 2. The second-order valence-corrected chi connectivity index (χ2v) is 12.3. The van der Waals surface area contributed by atoms with Crippen molar-refractivity contribution in [3.05, 3.63) is 70.1 Å². The highest BCUT2D eigenvalue weighted by atomic mass is 79.9. The summed E-state index contributed by atoms with van der Waals surface area (Å²) in [6.45, 7) is 5.83. The number of nitrogens with one attached hydrogen (secondary N) is 1. The van der Waals surface area contributed by atoms with Crippen molar-refractivity contribution in [2.24, 2.45) is 5.41 Å². The normalized spacial score (nSPS) is 20.7. The largest absolute Gasteiger partial charge is 0.435 e. The number of anilines is 1. The molecule has 45 heavy (non-hydrogen) atoms. The van der Waals surface area contributed by atoms with Crippen molar-refractivity contribution in [2.45, 2.75) is 58.9 Å². The molecule has 0 unspecified atom stereocenters. The number of Topliss-reactive ketones (excluding diaryl/α,β-unsaturated/α-hetero) is 1. The van der Waals surface area contributed by atoms with E-state index in [4.69, 9.17) is 0 Å². The van der Waals surface area contributed by atoms with Gasteiger partial charge in [-0.2, -0.15) is 18.3 Å². The fourth-order valence-electron chi connectivity index (χ4n) is 5.86. The molecule has 232 valence electrons. The monoisotopic (exact) mass is 682 g/mol. The van der Waals surface area contributed by atoms with Crippen LogP contribution in [0.15, 0.2) is 47.3 Å². The Morgan fingerprint density at radius 3 is 2.47 bits per heavy atom. The maximum absolute atomic E-state index is 14.5. The van der Waals surface area contributed by atoms with Crippen LogP contribution in [0.3, 0.4) is 0 Å². The van der Waals surface area contributed by atoms with Crippen molar-refractivity contribution in [3.63, 3.8) is 0 Å². The van der Waals surface area contributed by atoms with E-state index < -0.39 is 59.0 Å². The van der Waals surface area contributed by atoms with Crippen LogP contribution >= 0.6 is 15.9 Å². The second kappa shape index (κ2) is 10.8. The molecule has 0 radical (unpaired) electrons. The fraction of sp³-hybridized carbons (Fsp3) is 0.333. The highest BCUT2D eigenvalue weighted by Gasteiger charge is 2.55. The number of rotatable bonds is 6. The van der Waals surface area contributed by atoms with E-state index in [1.165, 1.54) is 30.3 Å². The van der Waals surface area contributed by atoms with Gasteiger partial charge in [-0.05, 0) is 53.9 Å². The van der Waals surface area contributed by atoms with Crippen LogP contribution in [0.1, 0.15) is 47.8 Å². The highest BCUT2D eigenvalue weighted by Crippen LogP contribution is 2.49. The molecule has 5 heterocycles. The third-order valence-corrected chi connectivity index (χ3v) is 8.63. The van der Waals surface area contributed by atoms with Crippen LogP contribution in [-0.4, -0.2) is 64.3 Å². The van der Waals surface area contributed by atoms with Gasteiger partial charge in [0.25, 0.3) is 0 Å². The van der Waals surface area contributed by atoms with Gasteiger partial charge in [0.2, 0.25) is 11.8 Å². The lowest BCUT2D eigenvalue weighted by Gasteiger charge is -2.38. The van der Waals surface area contributed by atoms with Gasteiger partial charge in [-0.1, -0.05) is 25.1 Å². The van der Waals surface area contributed by atoms with E-state index in [0.29, 0.717) is 28.2 Å². The Morgan fingerprint density at radius 2 is 1.84 bits per heavy atom. The second-order valence-electron chi connectivity index (χ2n) is 11.5. The minimum Gasteiger partial charge on any atom is -0.322 e. The Bertz CT molecular complexity index is 1920. The first-order valence-corrected chi connectivity index (χ1v) is 14.7. The SMILES string of the molecule is CC(=O)c1nn(CC(=O)N2[C@H](C(=O)Nc3nc(Br)ccc3C)C[C@@]3(C)C=C[C@@H]23)c2c(C(F)(F)F)nc(-c3cnc(C)nc3)cc12. The zero-order valence-electron chi connectivity index (χ0n) is 24.5. The van der Waals surface area contributed by atoms with Crippen LogP contribution in [0.4, 0.5) is 19.0 Å². The molecule has 1 saturated heterocycles. The average Bonchev–Trinajstić information content (AvgIpc) is 3.42. The first-order chi connectivity index (χ1) is 21.2. The molecule has 11 nitrogen and oxygen atoms in total. The summed E-state index contributed by atoms with van der Waals surface area (Å²) in [4.78, 5) is 57.8. The molecule has 2 aliphatic rings. The van der Waals surface area contributed by atoms with Gasteiger partial charge in [-0.15, -0.1) is 0 Å². The summed E-state index contributed by atoms with van der Waals surface area (Å²) in [6, 6.07) is 3.42. The number of ketones is 1. The van der Waals surface area contributed by atoms with E-state index in [1.54, 1.807) is 32.1 Å². The third kappa shape index (κ3) is 5.38. The summed E-state index contributed by atoms with van der Waals surface area (Å²) >= 11 is 3.29. The van der Waals surface area contributed by atoms with Crippen molar-refractivity contribution >= 4 is 50.2 Å². The lowest BCUT2D eigenvalue weighted by Crippen LogP contribution is -2.50. The topological polar surface area (TPSA) is 136 Å². The molecule has 1 aliphatic carbocycles. The molecule has 6 rings (SSSR count). The van der Waals surface area contributed by atoms with Crippen LogP contribution in [0.2, 0.25) is 0 Å². The van der Waals surface area contributed by atoms with E-state index in [9.17, 15) is 27.6 Å². The molecule has 0 saturated carbocycles. The van der Waals surface area contributed by atoms with E-state index in [-0.39, 0.29) is 22.3 Å². The van der Waals surface area contributed by atoms with Gasteiger partial charge in [0.15, 0.2) is 11.5 Å². The minimum absolute atomic E-state index is 0.105. The van der Waals surface area contributed by atoms with E-state index >= 15 is 0 Å². The number of alkyl halides is 3. The number of halogens is 4. The van der Waals surface area contributed by atoms with Crippen LogP contribution in [-0.2, 0) is 22.3 Å². The number of fused-ring (bicyclic) bond motifs is 2. The van der Waals surface area contributed by atoms with Crippen molar-refractivity contribution in [1.82, 2.24) is 34.6 Å². The molecule has 0 aromatic carbocycles. The van der Waals surface area contributed by atoms with Crippen molar-refractivity contribution < 1.29 is 27.6 Å². The minimum atomic E-state index is -4.96. The predicted octanol–water partition coefficient (Wildman–Crippen LogP) is 5.07. The zero-order chi connectivity index (χ0) is 32.4. The first kappa shape index (κ1) is 30.5. The molecule has 1 aliphatic heterocycles. The first-order valence-electron chi connectivity index (χ1n) is 13.9. The summed E-state index contributed by atoms with van der Waals surface area (Å²) in [5, 5.41) is 6.85. The summed E-state index contributed by atoms with van der Waals surface area (Å²) in [5.41, 5.74) is -1.77. The molecule has 4 aromatic rings. The van der Waals surface area contributed by atoms with Crippen LogP contribution < -0.4 is 5.32 Å². The summed E-state index contributed by atoms with van der Waals surface area (Å²) in [6.07, 6.45) is 1.71. The van der Waals surface area contributed by atoms with Crippen molar-refractivity contribution in [2.75, 3.05) is 5.32 Å². The zero-order valence-corrected chi connectivity index (χ0v) is 26.1. The number of carbonyl (C=O) groups is 3. The maximum Gasteiger partial charge on any atom is 0.435 e. The van der Waals surface area contributed by atoms with Gasteiger partial charge in [0.05, 0.1) is 11.7 Å². The maximum atomic E-state index is 14.5. The Hall–Kier alpha value is -4.53. The summed E-state index contributed by atoms with van der Waals surface area (Å²) in [5.74, 6) is -0.982. The Morgan fingerprint density at radius 1 is 1.13 bits per heavy atom. The van der Waals surface area contributed by atoms with Gasteiger partial charge < -0.3 is 10.2 Å². The van der Waals surface area contributed by atoms with Gasteiger partial charge in [-0.25, -0.2) is 19.9 Å². The van der Waals surface area contributed by atoms with E-state index in [2.05, 4.69) is 46.3 Å². The number of amides is 2. The predicted molar refractivity (Wildman–Crippen MR) is 160 cm³/mol. The Balaban J connectivity index is 1.40. The molecule has 2 amide bonds. The Kier molecular flexibility index (Phi) is 7.33. The summed E-state index contributed by atoms with van der Waals surface area (Å²) < 4.78 is 44.9. The van der Waals surface area contributed by atoms with E-state index in [1.807, 2.05) is 13.0 Å². The lowest BCUT2D eigenvalue weighted by molar-refractivity contribution is -0.141. The fourth-order valence-corrected chi connectivity index (χ4v) is 6.17. The average molecular weight is 683 g/mol. The van der Waals surface area contributed by atoms with Crippen LogP contribution in [0.5, 0.6) is 0 Å². The van der Waals surface area contributed by atoms with Crippen LogP contribution in [0, 0.1) is 19.3 Å². The quantitative estimate of drug-likeness (QED) is 0.169. The number of hydrogen-bond acceptors (Lipinski definition) is 8. The molecule has 15 heteroatoms. The van der Waals surface area contributed by atoms with E-state index in [0.717, 1.165) is 4.68 Å². The van der Waals surface area contributed by atoms with Gasteiger partial charge in [0, 0.05) is 35.7 Å². The molecule has 1 fully saturated rings. The number of aromatic nitrogens is 6. The number of aryl methyl sites for hydroxylation is 2. The number of nitrogens with zero attached hydrogens (tertiary/aromatic N) is 7. The van der Waals surface area contributed by atoms with Crippen molar-refractivity contribution in [3.8, 4) is 11.3 Å². The van der Waals surface area contributed by atoms with Gasteiger partial charge in [0.1, 0.15) is 40.0 Å². The number of carbonyl (C=O) groups excluding carboxylic acids is 3. The molecule has 3 atom stereocenters. The van der Waals surface area contributed by atoms with Crippen molar-refractivity contribution in [1.29, 1.82) is 0 Å².